The van der Waals surface area contributed by atoms with E-state index in [9.17, 15) is 9.90 Å². The van der Waals surface area contributed by atoms with Crippen LogP contribution in [0.1, 0.15) is 60.7 Å². The number of rotatable bonds is 6. The molecule has 0 bridgehead atoms. The van der Waals surface area contributed by atoms with Crippen molar-refractivity contribution in [2.45, 2.75) is 71.3 Å². The van der Waals surface area contributed by atoms with Crippen LogP contribution in [0.5, 0.6) is 0 Å². The van der Waals surface area contributed by atoms with Gasteiger partial charge >= 0.3 is 13.1 Å². The Kier molecular flexibility index (Phi) is 5.63. The van der Waals surface area contributed by atoms with E-state index in [-0.39, 0.29) is 23.2 Å². The Labute approximate surface area is 202 Å². The quantitative estimate of drug-likeness (QED) is 0.532. The summed E-state index contributed by atoms with van der Waals surface area (Å²) in [5, 5.41) is 9.37. The van der Waals surface area contributed by atoms with Gasteiger partial charge in [-0.15, -0.1) is 11.3 Å². The molecule has 2 aromatic heterocycles. The molecule has 0 saturated carbocycles. The highest BCUT2D eigenvalue weighted by Crippen LogP contribution is 2.37. The van der Waals surface area contributed by atoms with Crippen molar-refractivity contribution >= 4 is 40.2 Å². The molecule has 1 unspecified atom stereocenters. The largest absolute Gasteiger partial charge is 0.495 e. The topological polar surface area (TPSA) is 82.8 Å². The van der Waals surface area contributed by atoms with E-state index in [1.165, 1.54) is 6.07 Å². The summed E-state index contributed by atoms with van der Waals surface area (Å²) in [6.07, 6.45) is 1.28. The van der Waals surface area contributed by atoms with Gasteiger partial charge in [0.05, 0.1) is 29.4 Å². The maximum atomic E-state index is 15.3. The monoisotopic (exact) mass is 486 g/mol. The molecule has 1 aromatic carbocycles. The van der Waals surface area contributed by atoms with Gasteiger partial charge in [-0.1, -0.05) is 11.6 Å². The molecule has 0 amide bonds. The Bertz CT molecular complexity index is 1260. The molecule has 0 aliphatic carbocycles. The molecular formula is C24H28BFN2O5S. The van der Waals surface area contributed by atoms with Crippen molar-refractivity contribution < 1.29 is 28.3 Å². The van der Waals surface area contributed by atoms with E-state index < -0.39 is 24.3 Å². The first-order valence-electron chi connectivity index (χ1n) is 11.4. The van der Waals surface area contributed by atoms with Crippen LogP contribution in [0.4, 0.5) is 4.39 Å². The van der Waals surface area contributed by atoms with Gasteiger partial charge in [0, 0.05) is 13.0 Å². The van der Waals surface area contributed by atoms with Gasteiger partial charge in [0.2, 0.25) is 0 Å². The minimum absolute atomic E-state index is 0.0571. The van der Waals surface area contributed by atoms with Gasteiger partial charge in [-0.3, -0.25) is 0 Å². The molecule has 4 heterocycles. The lowest BCUT2D eigenvalue weighted by Crippen LogP contribution is -2.41. The molecule has 2 aliphatic rings. The molecule has 1 N–H and O–H groups in total. The van der Waals surface area contributed by atoms with E-state index in [0.29, 0.717) is 28.2 Å². The van der Waals surface area contributed by atoms with E-state index >= 15 is 4.39 Å². The van der Waals surface area contributed by atoms with Gasteiger partial charge in [0.25, 0.3) is 0 Å². The van der Waals surface area contributed by atoms with Gasteiger partial charge in [0.1, 0.15) is 21.3 Å². The summed E-state index contributed by atoms with van der Waals surface area (Å²) >= 11 is 1.13. The Hall–Kier alpha value is -2.27. The summed E-state index contributed by atoms with van der Waals surface area (Å²) in [4.78, 5) is 17.0. The first kappa shape index (κ1) is 23.5. The number of fused-ring (bicyclic) bond motifs is 1. The number of hydrogen-bond acceptors (Lipinski definition) is 6. The normalized spacial score (nSPS) is 21.2. The first-order valence-corrected chi connectivity index (χ1v) is 12.3. The highest BCUT2D eigenvalue weighted by Gasteiger charge is 2.52. The molecule has 10 heteroatoms. The molecule has 2 fully saturated rings. The number of imidazole rings is 1. The van der Waals surface area contributed by atoms with Crippen molar-refractivity contribution in [2.24, 2.45) is 0 Å². The lowest BCUT2D eigenvalue weighted by molar-refractivity contribution is -0.0589. The summed E-state index contributed by atoms with van der Waals surface area (Å²) in [5.41, 5.74) is 1.81. The third kappa shape index (κ3) is 3.96. The molecule has 1 atom stereocenters. The molecule has 3 aromatic rings. The molecule has 0 radical (unpaired) electrons. The SMILES string of the molecule is Cc1cc(Cc2nc3sc(C(=O)O)cc3n2CC2CCO2)c(F)cc1B1OC(C)(C)C(C)(C)O1. The third-order valence-electron chi connectivity index (χ3n) is 7.21. The minimum Gasteiger partial charge on any atom is -0.477 e. The van der Waals surface area contributed by atoms with Crippen LogP contribution in [0.15, 0.2) is 18.2 Å². The van der Waals surface area contributed by atoms with Gasteiger partial charge in [0.15, 0.2) is 0 Å². The predicted octanol–water partition coefficient (Wildman–Crippen LogP) is 3.92. The minimum atomic E-state index is -0.976. The van der Waals surface area contributed by atoms with Crippen molar-refractivity contribution in [3.63, 3.8) is 0 Å². The number of carboxylic acid groups (broad SMARTS) is 1. The van der Waals surface area contributed by atoms with Gasteiger partial charge in [-0.25, -0.2) is 14.2 Å². The highest BCUT2D eigenvalue weighted by molar-refractivity contribution is 7.20. The zero-order chi connectivity index (χ0) is 24.4. The number of carbonyl (C=O) groups is 1. The van der Waals surface area contributed by atoms with E-state index in [1.807, 2.05) is 45.3 Å². The fourth-order valence-corrected chi connectivity index (χ4v) is 5.22. The van der Waals surface area contributed by atoms with E-state index in [4.69, 9.17) is 14.0 Å². The van der Waals surface area contributed by atoms with Crippen LogP contribution in [0.3, 0.4) is 0 Å². The number of nitrogens with zero attached hydrogens (tertiary/aromatic N) is 2. The third-order valence-corrected chi connectivity index (χ3v) is 8.21. The lowest BCUT2D eigenvalue weighted by Gasteiger charge is -2.32. The summed E-state index contributed by atoms with van der Waals surface area (Å²) in [6, 6.07) is 4.96. The molecule has 2 aliphatic heterocycles. The summed E-state index contributed by atoms with van der Waals surface area (Å²) in [6.45, 7) is 11.1. The number of benzene rings is 1. The molecule has 34 heavy (non-hydrogen) atoms. The number of halogens is 1. The number of aromatic nitrogens is 2. The second-order valence-electron chi connectivity index (χ2n) is 10.1. The highest BCUT2D eigenvalue weighted by atomic mass is 32.1. The number of hydrogen-bond donors (Lipinski definition) is 1. The maximum Gasteiger partial charge on any atom is 0.495 e. The Morgan fingerprint density at radius 1 is 1.26 bits per heavy atom. The van der Waals surface area contributed by atoms with Gasteiger partial charge in [-0.05, 0) is 64.2 Å². The van der Waals surface area contributed by atoms with Crippen molar-refractivity contribution in [2.75, 3.05) is 6.61 Å². The maximum absolute atomic E-state index is 15.3. The number of aromatic carboxylic acids is 1. The Morgan fingerprint density at radius 2 is 1.94 bits per heavy atom. The first-order chi connectivity index (χ1) is 15.9. The zero-order valence-corrected chi connectivity index (χ0v) is 20.8. The van der Waals surface area contributed by atoms with E-state index in [1.54, 1.807) is 6.07 Å². The summed E-state index contributed by atoms with van der Waals surface area (Å²) < 4.78 is 35.1. The van der Waals surface area contributed by atoms with Crippen molar-refractivity contribution in [1.82, 2.24) is 9.55 Å². The van der Waals surface area contributed by atoms with Gasteiger partial charge < -0.3 is 23.7 Å². The summed E-state index contributed by atoms with van der Waals surface area (Å²) in [7, 11) is -0.633. The van der Waals surface area contributed by atoms with Crippen LogP contribution in [0.25, 0.3) is 10.3 Å². The van der Waals surface area contributed by atoms with Crippen LogP contribution >= 0.6 is 11.3 Å². The van der Waals surface area contributed by atoms with Crippen molar-refractivity contribution in [3.05, 3.63) is 45.8 Å². The number of aryl methyl sites for hydroxylation is 1. The van der Waals surface area contributed by atoms with Crippen LogP contribution in [0, 0.1) is 12.7 Å². The van der Waals surface area contributed by atoms with Crippen LogP contribution < -0.4 is 5.46 Å². The van der Waals surface area contributed by atoms with E-state index in [0.717, 1.165) is 35.4 Å². The number of thiophene rings is 1. The summed E-state index contributed by atoms with van der Waals surface area (Å²) in [5.74, 6) is -0.634. The lowest BCUT2D eigenvalue weighted by atomic mass is 9.75. The Balaban J connectivity index is 1.47. The smallest absolute Gasteiger partial charge is 0.477 e. The second kappa shape index (κ2) is 8.15. The fourth-order valence-electron chi connectivity index (χ4n) is 4.32. The van der Waals surface area contributed by atoms with Crippen molar-refractivity contribution in [3.8, 4) is 0 Å². The predicted molar refractivity (Wildman–Crippen MR) is 129 cm³/mol. The van der Waals surface area contributed by atoms with Crippen LogP contribution in [0.2, 0.25) is 0 Å². The second-order valence-corrected chi connectivity index (χ2v) is 11.1. The van der Waals surface area contributed by atoms with Crippen LogP contribution in [-0.2, 0) is 27.0 Å². The molecule has 7 nitrogen and oxygen atoms in total. The average Bonchev–Trinajstić information content (AvgIpc) is 3.30. The molecule has 0 spiro atoms. The standard InChI is InChI=1S/C24H28BFN2O5S/c1-13-8-14(17(26)10-16(13)25-32-23(2,3)24(4,5)33-25)9-20-27-21-18(11-19(34-21)22(29)30)28(20)12-15-6-7-31-15/h8,10-11,15H,6-7,9,12H2,1-5H3,(H,29,30). The average molecular weight is 486 g/mol. The molecule has 2 saturated heterocycles. The number of carboxylic acids is 1. The van der Waals surface area contributed by atoms with E-state index in [2.05, 4.69) is 4.98 Å². The van der Waals surface area contributed by atoms with Crippen molar-refractivity contribution in [1.29, 1.82) is 0 Å². The van der Waals surface area contributed by atoms with Gasteiger partial charge in [-0.2, -0.15) is 0 Å². The molecular weight excluding hydrogens is 458 g/mol. The molecule has 180 valence electrons. The van der Waals surface area contributed by atoms with Crippen LogP contribution in [-0.4, -0.2) is 51.7 Å². The molecule has 5 rings (SSSR count). The fraction of sp³-hybridized carbons (Fsp3) is 0.500. The Morgan fingerprint density at radius 3 is 2.53 bits per heavy atom. The number of ether oxygens (including phenoxy) is 1. The zero-order valence-electron chi connectivity index (χ0n) is 20.0.